The van der Waals surface area contributed by atoms with E-state index in [0.717, 1.165) is 27.0 Å². The van der Waals surface area contributed by atoms with E-state index < -0.39 is 117 Å². The normalized spacial score (nSPS) is 11.8. The van der Waals surface area contributed by atoms with Gasteiger partial charge in [-0.3, -0.25) is 65.3 Å². The Kier molecular flexibility index (Phi) is 41.6. The Balaban J connectivity index is 0.000000187. The van der Waals surface area contributed by atoms with Crippen LogP contribution in [0, 0.1) is 40.7 Å². The van der Waals surface area contributed by atoms with E-state index in [1.54, 1.807) is 78.0 Å². The van der Waals surface area contributed by atoms with Crippen molar-refractivity contribution in [3.8, 4) is 11.3 Å². The smallest absolute Gasteiger partial charge is 0.414 e. The number of aromatic amines is 1. The second-order valence-electron chi connectivity index (χ2n) is 32.4. The molecule has 0 saturated carbocycles. The summed E-state index contributed by atoms with van der Waals surface area (Å²) in [6.07, 6.45) is 8.82. The molecule has 778 valence electrons. The summed E-state index contributed by atoms with van der Waals surface area (Å²) in [4.78, 5) is 134. The van der Waals surface area contributed by atoms with Gasteiger partial charge in [0.2, 0.25) is 39.5 Å². The van der Waals surface area contributed by atoms with Crippen molar-refractivity contribution in [2.45, 2.75) is 104 Å². The van der Waals surface area contributed by atoms with Gasteiger partial charge >= 0.3 is 30.3 Å². The first-order chi connectivity index (χ1) is 70.6. The molecule has 0 spiro atoms. The lowest BCUT2D eigenvalue weighted by Crippen LogP contribution is -2.54. The van der Waals surface area contributed by atoms with E-state index in [-0.39, 0.29) is 146 Å². The van der Waals surface area contributed by atoms with Crippen LogP contribution < -0.4 is 47.7 Å². The average Bonchev–Trinajstić information content (AvgIpc) is 1.68. The van der Waals surface area contributed by atoms with Gasteiger partial charge in [0.15, 0.2) is 0 Å². The lowest BCUT2D eigenvalue weighted by molar-refractivity contribution is -0.141. The van der Waals surface area contributed by atoms with E-state index in [1.807, 2.05) is 31.3 Å². The minimum Gasteiger partial charge on any atom is -0.481 e. The second-order valence-corrected chi connectivity index (χ2v) is 35.8. The molecule has 0 aliphatic carbocycles. The Bertz CT molecular complexity index is 7160. The van der Waals surface area contributed by atoms with Gasteiger partial charge in [-0.25, -0.2) is 110 Å². The number of amides is 8. The van der Waals surface area contributed by atoms with E-state index >= 15 is 0 Å². The maximum Gasteiger partial charge on any atom is 0.414 e. The summed E-state index contributed by atoms with van der Waals surface area (Å²) in [5.41, 5.74) is 15.2. The SMILES string of the molecule is CC(=O)N(NCc1cccc(F)c1Cl)[C@@H](CCC(=O)O)COC(=O)Nc1cc(-c2cccc(F)c2)no1.CC(=O)N(NCc1cccc(F)c1Cl)[C@@H](CNS(C)(=O)=O)COC(=O)Nc1cc2ccccc2cn1.CC(=O)N(NCc1cccc(F)c1Cl)[C@H](COC(=O)Nc1cc2cc(F)ccc2cn1)Cc1c[nH]cn1.CC(=O)N(NCc1cccc(F)c1Cl)[C@H](COC(=O)Nc1cc2cc(F)ccc2cn1)Cc1cn(C)cn1. The summed E-state index contributed by atoms with van der Waals surface area (Å²) in [6, 6.07) is 41.7. The monoisotopic (exact) mass is 2140 g/mol. The number of nitrogens with one attached hydrogen (secondary N) is 10. The van der Waals surface area contributed by atoms with Crippen molar-refractivity contribution in [3.63, 3.8) is 0 Å². The van der Waals surface area contributed by atoms with Crippen LogP contribution in [-0.2, 0) is 99.0 Å². The molecule has 14 aromatic rings. The first-order valence-electron chi connectivity index (χ1n) is 44.6. The molecule has 4 atom stereocenters. The number of anilines is 4. The summed E-state index contributed by atoms with van der Waals surface area (Å²) < 4.78 is 149. The predicted octanol–water partition coefficient (Wildman–Crippen LogP) is 16.9. The Labute approximate surface area is 860 Å². The van der Waals surface area contributed by atoms with Crippen molar-refractivity contribution in [2.24, 2.45) is 7.05 Å². The number of carboxylic acid groups (broad SMARTS) is 1. The standard InChI is InChI=1S/C26H25ClF2N6O3.C25H23ClF2N6O3.C24H23ClF2N4O6.C23H25ClFN5O5S/c1-16(36)35(32-12-18-4-3-5-23(29)25(18)27)22(10-21-13-34(2)15-31-21)14-38-26(37)33-24-9-19-8-20(28)7-6-17(19)11-30-24;1-15(35)34(32-11-17-3-2-4-22(28)24(17)26)21(9-20-12-29-14-31-20)13-37-25(36)33-23-8-18-7-19(27)6-5-16(18)10-30-23;1-14(32)31(28-12-16-5-3-7-19(27)23(16)25)18(8-9-22(33)34)13-36-24(35)29-21-11-20(30-37-21)15-4-2-6-17(26)10-15;1-15(31)30(27-12-18-8-5-9-20(25)22(18)24)19(13-28-36(2,33)34)14-35-23(32)29-21-10-16-6-3-4-7-17(16)11-26-21/h3-9,11,13,15,22,32H,10,12,14H2,1-2H3,(H,30,33,37);2-8,10,12,14,21,32H,9,11,13H2,1H3,(H,29,31)(H,30,33,36);2-7,10-11,18,28H,8-9,12-13H2,1H3,(H,29,35)(H,33,34);3-11,19,27-28H,12-14H2,1-2H3,(H,26,29,32)/t22-;21-;18-;19-/m0000/s1. The Morgan fingerprint density at radius 2 is 0.824 bits per heavy atom. The summed E-state index contributed by atoms with van der Waals surface area (Å²) in [7, 11) is -1.81. The van der Waals surface area contributed by atoms with Crippen LogP contribution in [0.3, 0.4) is 0 Å². The van der Waals surface area contributed by atoms with Gasteiger partial charge in [-0.15, -0.1) is 0 Å². The molecule has 6 heterocycles. The maximum atomic E-state index is 13.9. The van der Waals surface area contributed by atoms with Gasteiger partial charge in [0.25, 0.3) is 0 Å². The number of hydrogen-bond donors (Lipinski definition) is 11. The van der Waals surface area contributed by atoms with Gasteiger partial charge in [0.05, 0.1) is 74.6 Å². The zero-order valence-electron chi connectivity index (χ0n) is 79.3. The predicted molar refractivity (Wildman–Crippen MR) is 534 cm³/mol. The molecule has 14 rings (SSSR count). The number of pyridine rings is 3. The van der Waals surface area contributed by atoms with Gasteiger partial charge in [0, 0.05) is 146 Å². The third-order valence-electron chi connectivity index (χ3n) is 21.4. The van der Waals surface area contributed by atoms with E-state index in [0.29, 0.717) is 60.8 Å². The van der Waals surface area contributed by atoms with Crippen LogP contribution in [-0.4, -0.2) is 191 Å². The van der Waals surface area contributed by atoms with Crippen LogP contribution in [0.4, 0.5) is 73.2 Å². The molecule has 0 unspecified atom stereocenters. The van der Waals surface area contributed by atoms with Gasteiger partial charge in [-0.2, -0.15) is 0 Å². The number of halogens is 11. The Hall–Kier alpha value is -15.5. The third kappa shape index (κ3) is 34.9. The van der Waals surface area contributed by atoms with Crippen molar-refractivity contribution in [3.05, 3.63) is 320 Å². The summed E-state index contributed by atoms with van der Waals surface area (Å²) in [5, 5.41) is 31.5. The first kappa shape index (κ1) is 113. The fourth-order valence-electron chi connectivity index (χ4n) is 14.2. The number of aryl methyl sites for hydroxylation is 1. The van der Waals surface area contributed by atoms with Gasteiger partial charge in [-0.05, 0) is 136 Å². The highest BCUT2D eigenvalue weighted by atomic mass is 35.5. The third-order valence-corrected chi connectivity index (χ3v) is 23.7. The molecular formula is C98H96Cl4F7N21O17S. The number of carbonyl (C=O) groups excluding carboxylic acids is 8. The Morgan fingerprint density at radius 1 is 0.439 bits per heavy atom. The number of rotatable bonds is 39. The maximum absolute atomic E-state index is 13.9. The largest absolute Gasteiger partial charge is 0.481 e. The lowest BCUT2D eigenvalue weighted by Gasteiger charge is -2.31. The number of H-pyrrole nitrogens is 1. The fraction of sp³-hybridized carbons (Fsp3) is 0.235. The average molecular weight is 2150 g/mol. The number of fused-ring (bicyclic) bond motifs is 3. The minimum atomic E-state index is -3.62. The van der Waals surface area contributed by atoms with Crippen molar-refractivity contribution < 1.29 is 111 Å². The minimum absolute atomic E-state index is 0.0429. The number of aromatic nitrogens is 8. The topological polar surface area (TPSA) is 477 Å². The molecule has 8 aromatic carbocycles. The number of nitrogens with zero attached hydrogens (tertiary/aromatic N) is 11. The van der Waals surface area contributed by atoms with Crippen molar-refractivity contribution in [1.29, 1.82) is 0 Å². The summed E-state index contributed by atoms with van der Waals surface area (Å²) in [6.45, 7) is 3.77. The Morgan fingerprint density at radius 3 is 1.23 bits per heavy atom. The van der Waals surface area contributed by atoms with E-state index in [4.69, 9.17) is 75.0 Å². The number of benzene rings is 8. The van der Waals surface area contributed by atoms with E-state index in [1.165, 1.54) is 166 Å². The highest BCUT2D eigenvalue weighted by molar-refractivity contribution is 7.88. The van der Waals surface area contributed by atoms with Crippen LogP contribution in [0.5, 0.6) is 0 Å². The van der Waals surface area contributed by atoms with Crippen LogP contribution in [0.1, 0.15) is 74.2 Å². The molecule has 11 N–H and O–H groups in total. The molecule has 148 heavy (non-hydrogen) atoms. The first-order valence-corrected chi connectivity index (χ1v) is 48.0. The lowest BCUT2D eigenvalue weighted by atomic mass is 10.1. The van der Waals surface area contributed by atoms with Crippen molar-refractivity contribution in [1.82, 2.24) is 86.1 Å². The molecule has 0 aliphatic heterocycles. The van der Waals surface area contributed by atoms with Crippen molar-refractivity contribution in [2.75, 3.05) is 60.5 Å². The zero-order valence-corrected chi connectivity index (χ0v) is 83.2. The van der Waals surface area contributed by atoms with E-state index in [2.05, 4.69) is 82.8 Å². The number of sulfonamides is 1. The molecule has 0 saturated heterocycles. The number of ether oxygens (including phenoxy) is 4. The summed E-state index contributed by atoms with van der Waals surface area (Å²) >= 11 is 24.0. The molecule has 0 aliphatic rings. The van der Waals surface area contributed by atoms with Crippen LogP contribution in [0.2, 0.25) is 20.1 Å². The number of hydrazine groups is 4. The van der Waals surface area contributed by atoms with Gasteiger partial charge < -0.3 is 38.1 Å². The van der Waals surface area contributed by atoms with Gasteiger partial charge in [0.1, 0.15) is 90.3 Å². The number of aliphatic carboxylic acids is 1. The molecule has 8 amide bonds. The fourth-order valence-corrected chi connectivity index (χ4v) is 15.5. The molecule has 0 fully saturated rings. The van der Waals surface area contributed by atoms with Crippen LogP contribution in [0.15, 0.2) is 230 Å². The zero-order chi connectivity index (χ0) is 107. The number of imidazole rings is 2. The highest BCUT2D eigenvalue weighted by Crippen LogP contribution is 2.29. The highest BCUT2D eigenvalue weighted by Gasteiger charge is 2.31. The van der Waals surface area contributed by atoms with E-state index in [9.17, 15) is 82.3 Å². The molecule has 6 aromatic heterocycles. The quantitative estimate of drug-likeness (QED) is 0.00968. The van der Waals surface area contributed by atoms with Crippen LogP contribution in [0.25, 0.3) is 43.6 Å². The molecule has 38 nitrogen and oxygen atoms in total. The van der Waals surface area contributed by atoms with Crippen molar-refractivity contribution >= 4 is 166 Å². The van der Waals surface area contributed by atoms with Gasteiger partial charge in [-0.1, -0.05) is 136 Å². The molecule has 0 bridgehead atoms. The number of carbonyl (C=O) groups is 9. The molecule has 50 heteroatoms. The second kappa shape index (κ2) is 54.6. The summed E-state index contributed by atoms with van der Waals surface area (Å²) in [5.74, 6) is -6.00. The van der Waals surface area contributed by atoms with Crippen LogP contribution >= 0.6 is 46.4 Å². The number of carboxylic acids is 1. The molecule has 0 radical (unpaired) electrons. The molecular weight excluding hydrogens is 2050 g/mol. The number of hydrogen-bond acceptors (Lipinski definition) is 26.